The Hall–Kier alpha value is -2.28. The smallest absolute Gasteiger partial charge is 0.272 e. The van der Waals surface area contributed by atoms with Crippen molar-refractivity contribution in [1.29, 1.82) is 0 Å². The number of nitrogens with zero attached hydrogens (tertiary/aromatic N) is 5. The molecule has 1 aliphatic rings. The van der Waals surface area contributed by atoms with Crippen LogP contribution in [-0.4, -0.2) is 50.3 Å². The maximum atomic E-state index is 12.5. The highest BCUT2D eigenvalue weighted by atomic mass is 16.5. The Morgan fingerprint density at radius 2 is 2.24 bits per heavy atom. The first-order valence-electron chi connectivity index (χ1n) is 6.83. The van der Waals surface area contributed by atoms with E-state index in [9.17, 15) is 4.79 Å². The summed E-state index contributed by atoms with van der Waals surface area (Å²) in [6.45, 7) is 3.40. The maximum Gasteiger partial charge on any atom is 0.272 e. The molecule has 1 atom stereocenters. The Morgan fingerprint density at radius 1 is 1.38 bits per heavy atom. The number of aryl methyl sites for hydroxylation is 2. The van der Waals surface area contributed by atoms with Gasteiger partial charge >= 0.3 is 0 Å². The Morgan fingerprint density at radius 3 is 2.95 bits per heavy atom. The lowest BCUT2D eigenvalue weighted by molar-refractivity contribution is -0.0251. The quantitative estimate of drug-likeness (QED) is 0.814. The molecule has 1 fully saturated rings. The molecular weight excluding hydrogens is 270 g/mol. The second-order valence-corrected chi connectivity index (χ2v) is 4.98. The number of aromatic nitrogens is 4. The van der Waals surface area contributed by atoms with Crippen molar-refractivity contribution < 1.29 is 9.53 Å². The van der Waals surface area contributed by atoms with Crippen LogP contribution in [0.3, 0.4) is 0 Å². The standard InChI is InChI=1S/C14H17N5O2/c1-10-15-5-3-11(17-10)13-9-19(7-8-21-13)14(20)12-4-6-16-18(12)2/h3-6,13H,7-9H2,1-2H3/t13-/m1/s1. The summed E-state index contributed by atoms with van der Waals surface area (Å²) in [5.41, 5.74) is 1.39. The lowest BCUT2D eigenvalue weighted by atomic mass is 10.2. The second kappa shape index (κ2) is 5.61. The van der Waals surface area contributed by atoms with Crippen molar-refractivity contribution in [2.75, 3.05) is 19.7 Å². The van der Waals surface area contributed by atoms with Crippen LogP contribution in [0.2, 0.25) is 0 Å². The summed E-state index contributed by atoms with van der Waals surface area (Å²) in [6.07, 6.45) is 3.12. The van der Waals surface area contributed by atoms with Gasteiger partial charge in [-0.05, 0) is 19.1 Å². The molecule has 1 amide bonds. The van der Waals surface area contributed by atoms with E-state index >= 15 is 0 Å². The van der Waals surface area contributed by atoms with Crippen LogP contribution in [0.1, 0.15) is 28.1 Å². The zero-order valence-corrected chi connectivity index (χ0v) is 12.1. The largest absolute Gasteiger partial charge is 0.368 e. The maximum absolute atomic E-state index is 12.5. The SMILES string of the molecule is Cc1nccc([C@H]2CN(C(=O)c3ccnn3C)CCO2)n1. The molecule has 3 heterocycles. The minimum Gasteiger partial charge on any atom is -0.368 e. The summed E-state index contributed by atoms with van der Waals surface area (Å²) in [5, 5.41) is 4.04. The summed E-state index contributed by atoms with van der Waals surface area (Å²) in [5.74, 6) is 0.667. The van der Waals surface area contributed by atoms with Crippen molar-refractivity contribution in [3.63, 3.8) is 0 Å². The lowest BCUT2D eigenvalue weighted by Crippen LogP contribution is -2.43. The van der Waals surface area contributed by atoms with Crippen molar-refractivity contribution in [2.45, 2.75) is 13.0 Å². The van der Waals surface area contributed by atoms with Gasteiger partial charge in [-0.1, -0.05) is 0 Å². The third kappa shape index (κ3) is 2.78. The number of carbonyl (C=O) groups excluding carboxylic acids is 1. The number of amides is 1. The third-order valence-corrected chi connectivity index (χ3v) is 3.52. The van der Waals surface area contributed by atoms with Crippen LogP contribution in [0, 0.1) is 6.92 Å². The molecule has 0 radical (unpaired) electrons. The van der Waals surface area contributed by atoms with E-state index in [1.807, 2.05) is 13.0 Å². The number of ether oxygens (including phenoxy) is 1. The van der Waals surface area contributed by atoms with Gasteiger partial charge in [-0.25, -0.2) is 9.97 Å². The predicted molar refractivity (Wildman–Crippen MR) is 74.6 cm³/mol. The van der Waals surface area contributed by atoms with Crippen LogP contribution < -0.4 is 0 Å². The molecule has 1 saturated heterocycles. The topological polar surface area (TPSA) is 73.1 Å². The van der Waals surface area contributed by atoms with Crippen molar-refractivity contribution >= 4 is 5.91 Å². The van der Waals surface area contributed by atoms with E-state index in [0.717, 1.165) is 5.69 Å². The highest BCUT2D eigenvalue weighted by Gasteiger charge is 2.28. The van der Waals surface area contributed by atoms with Gasteiger partial charge in [0.1, 0.15) is 17.6 Å². The zero-order chi connectivity index (χ0) is 14.8. The molecule has 7 nitrogen and oxygen atoms in total. The summed E-state index contributed by atoms with van der Waals surface area (Å²) >= 11 is 0. The van der Waals surface area contributed by atoms with Gasteiger partial charge in [0.25, 0.3) is 5.91 Å². The Kier molecular flexibility index (Phi) is 3.66. The van der Waals surface area contributed by atoms with E-state index in [-0.39, 0.29) is 12.0 Å². The van der Waals surface area contributed by atoms with E-state index in [4.69, 9.17) is 4.74 Å². The summed E-state index contributed by atoms with van der Waals surface area (Å²) < 4.78 is 7.33. The molecule has 2 aromatic heterocycles. The number of carbonyl (C=O) groups is 1. The van der Waals surface area contributed by atoms with Gasteiger partial charge in [0.15, 0.2) is 0 Å². The van der Waals surface area contributed by atoms with E-state index in [0.29, 0.717) is 31.2 Å². The average molecular weight is 287 g/mol. The molecule has 7 heteroatoms. The van der Waals surface area contributed by atoms with Gasteiger partial charge in [0.05, 0.1) is 18.8 Å². The number of morpholine rings is 1. The predicted octanol–water partition coefficient (Wildman–Crippen LogP) is 0.732. The minimum atomic E-state index is -0.211. The highest BCUT2D eigenvalue weighted by Crippen LogP contribution is 2.21. The van der Waals surface area contributed by atoms with Gasteiger partial charge in [-0.3, -0.25) is 9.48 Å². The molecule has 0 aromatic carbocycles. The fraction of sp³-hybridized carbons (Fsp3) is 0.429. The first kappa shape index (κ1) is 13.7. The van der Waals surface area contributed by atoms with E-state index in [1.165, 1.54) is 0 Å². The first-order valence-corrected chi connectivity index (χ1v) is 6.83. The van der Waals surface area contributed by atoms with Crippen LogP contribution in [-0.2, 0) is 11.8 Å². The number of hydrogen-bond acceptors (Lipinski definition) is 5. The van der Waals surface area contributed by atoms with Crippen LogP contribution in [0.25, 0.3) is 0 Å². The monoisotopic (exact) mass is 287 g/mol. The van der Waals surface area contributed by atoms with Gasteiger partial charge in [-0.2, -0.15) is 5.10 Å². The summed E-state index contributed by atoms with van der Waals surface area (Å²) in [4.78, 5) is 22.7. The average Bonchev–Trinajstić information content (AvgIpc) is 2.93. The third-order valence-electron chi connectivity index (χ3n) is 3.52. The normalized spacial score (nSPS) is 18.8. The van der Waals surface area contributed by atoms with E-state index in [2.05, 4.69) is 15.1 Å². The fourth-order valence-electron chi connectivity index (χ4n) is 2.41. The van der Waals surface area contributed by atoms with Gasteiger partial charge in [-0.15, -0.1) is 0 Å². The van der Waals surface area contributed by atoms with Gasteiger partial charge in [0, 0.05) is 26.0 Å². The molecule has 0 aliphatic carbocycles. The molecule has 1 aliphatic heterocycles. The molecule has 0 spiro atoms. The Labute approximate surface area is 122 Å². The van der Waals surface area contributed by atoms with Crippen molar-refractivity contribution in [2.24, 2.45) is 7.05 Å². The van der Waals surface area contributed by atoms with Crippen molar-refractivity contribution in [3.05, 3.63) is 41.7 Å². The molecule has 0 unspecified atom stereocenters. The van der Waals surface area contributed by atoms with Gasteiger partial charge < -0.3 is 9.64 Å². The Bertz CT molecular complexity index is 654. The molecular formula is C14H17N5O2. The molecule has 2 aromatic rings. The molecule has 21 heavy (non-hydrogen) atoms. The molecule has 110 valence electrons. The van der Waals surface area contributed by atoms with Crippen molar-refractivity contribution in [3.8, 4) is 0 Å². The lowest BCUT2D eigenvalue weighted by Gasteiger charge is -2.32. The Balaban J connectivity index is 1.77. The highest BCUT2D eigenvalue weighted by molar-refractivity contribution is 5.92. The van der Waals surface area contributed by atoms with Gasteiger partial charge in [0.2, 0.25) is 0 Å². The first-order chi connectivity index (χ1) is 10.1. The van der Waals surface area contributed by atoms with Crippen LogP contribution >= 0.6 is 0 Å². The summed E-state index contributed by atoms with van der Waals surface area (Å²) in [7, 11) is 1.76. The van der Waals surface area contributed by atoms with Crippen molar-refractivity contribution in [1.82, 2.24) is 24.6 Å². The molecule has 0 saturated carbocycles. The van der Waals surface area contributed by atoms with E-state index in [1.54, 1.807) is 35.1 Å². The summed E-state index contributed by atoms with van der Waals surface area (Å²) in [6, 6.07) is 3.55. The second-order valence-electron chi connectivity index (χ2n) is 4.98. The molecule has 0 N–H and O–H groups in total. The minimum absolute atomic E-state index is 0.0333. The van der Waals surface area contributed by atoms with Crippen LogP contribution in [0.5, 0.6) is 0 Å². The molecule has 3 rings (SSSR count). The number of rotatable bonds is 2. The number of hydrogen-bond donors (Lipinski definition) is 0. The van der Waals surface area contributed by atoms with Crippen LogP contribution in [0.15, 0.2) is 24.5 Å². The zero-order valence-electron chi connectivity index (χ0n) is 12.1. The fourth-order valence-corrected chi connectivity index (χ4v) is 2.41. The molecule has 0 bridgehead atoms. The van der Waals surface area contributed by atoms with E-state index < -0.39 is 0 Å². The van der Waals surface area contributed by atoms with Crippen LogP contribution in [0.4, 0.5) is 0 Å².